The van der Waals surface area contributed by atoms with Crippen LogP contribution in [0.25, 0.3) is 11.5 Å². The van der Waals surface area contributed by atoms with Crippen LogP contribution in [0.5, 0.6) is 0 Å². The Labute approximate surface area is 105 Å². The molecule has 2 aromatic heterocycles. The number of rotatable bonds is 2. The predicted octanol–water partition coefficient (Wildman–Crippen LogP) is 2.85. The van der Waals surface area contributed by atoms with Crippen LogP contribution in [0.3, 0.4) is 0 Å². The van der Waals surface area contributed by atoms with Crippen molar-refractivity contribution in [3.8, 4) is 11.5 Å². The fourth-order valence-corrected chi connectivity index (χ4v) is 1.73. The first-order valence-corrected chi connectivity index (χ1v) is 5.65. The van der Waals surface area contributed by atoms with E-state index in [0.29, 0.717) is 16.5 Å². The largest absolute Gasteiger partial charge is 0.373 e. The topological polar surface area (TPSA) is 50.7 Å². The number of anilines is 1. The molecule has 0 radical (unpaired) electrons. The molecule has 0 fully saturated rings. The summed E-state index contributed by atoms with van der Waals surface area (Å²) in [6.07, 6.45) is 1.68. The molecule has 0 aromatic carbocycles. The fraction of sp³-hybridized carbons (Fsp3) is 0.250. The highest BCUT2D eigenvalue weighted by Gasteiger charge is 2.11. The average Bonchev–Trinajstić information content (AvgIpc) is 2.33. The van der Waals surface area contributed by atoms with Gasteiger partial charge in [-0.2, -0.15) is 0 Å². The average molecular weight is 249 g/mol. The molecule has 0 spiro atoms. The maximum atomic E-state index is 6.08. The lowest BCUT2D eigenvalue weighted by Crippen LogP contribution is -2.03. The minimum absolute atomic E-state index is 0.544. The van der Waals surface area contributed by atoms with Crippen LogP contribution in [0.2, 0.25) is 5.02 Å². The van der Waals surface area contributed by atoms with Crippen molar-refractivity contribution in [2.24, 2.45) is 0 Å². The molecule has 4 nitrogen and oxygen atoms in total. The Morgan fingerprint density at radius 2 is 2.00 bits per heavy atom. The molecule has 2 heterocycles. The molecule has 0 amide bonds. The van der Waals surface area contributed by atoms with E-state index in [1.807, 2.05) is 20.9 Å². The Morgan fingerprint density at radius 3 is 2.65 bits per heavy atom. The number of pyridine rings is 1. The van der Waals surface area contributed by atoms with Gasteiger partial charge >= 0.3 is 0 Å². The van der Waals surface area contributed by atoms with Gasteiger partial charge in [-0.05, 0) is 26.0 Å². The maximum absolute atomic E-state index is 6.08. The summed E-state index contributed by atoms with van der Waals surface area (Å²) < 4.78 is 0. The molecule has 0 aliphatic carbocycles. The van der Waals surface area contributed by atoms with Crippen LogP contribution in [-0.4, -0.2) is 22.0 Å². The van der Waals surface area contributed by atoms with Gasteiger partial charge in [-0.15, -0.1) is 0 Å². The molecule has 0 aliphatic heterocycles. The van der Waals surface area contributed by atoms with Crippen molar-refractivity contribution in [1.82, 2.24) is 15.0 Å². The number of hydrogen-bond acceptors (Lipinski definition) is 4. The first-order valence-electron chi connectivity index (χ1n) is 5.27. The molecular formula is C12H13ClN4. The van der Waals surface area contributed by atoms with Crippen LogP contribution >= 0.6 is 11.6 Å². The summed E-state index contributed by atoms with van der Waals surface area (Å²) >= 11 is 6.08. The Bertz CT molecular complexity index is 554. The molecule has 0 aliphatic rings. The number of aryl methyl sites for hydroxylation is 1. The lowest BCUT2D eigenvalue weighted by atomic mass is 10.2. The van der Waals surface area contributed by atoms with E-state index < -0.39 is 0 Å². The molecule has 0 unspecified atom stereocenters. The Morgan fingerprint density at radius 1 is 1.24 bits per heavy atom. The van der Waals surface area contributed by atoms with Crippen LogP contribution in [0.1, 0.15) is 11.3 Å². The van der Waals surface area contributed by atoms with Crippen LogP contribution < -0.4 is 5.32 Å². The first-order chi connectivity index (χ1) is 8.13. The standard InChI is InChI=1S/C12H13ClN4/c1-7-8(2)16-12(17-11(7)14-3)10-9(13)5-4-6-15-10/h4-6H,1-3H3,(H,14,16,17). The van der Waals surface area contributed by atoms with Crippen molar-refractivity contribution in [1.29, 1.82) is 0 Å². The third-order valence-corrected chi connectivity index (χ3v) is 2.90. The first kappa shape index (κ1) is 11.8. The van der Waals surface area contributed by atoms with E-state index in [9.17, 15) is 0 Å². The smallest absolute Gasteiger partial charge is 0.181 e. The van der Waals surface area contributed by atoms with Gasteiger partial charge in [0.05, 0.1) is 5.02 Å². The molecule has 1 N–H and O–H groups in total. The minimum atomic E-state index is 0.544. The Kier molecular flexibility index (Phi) is 3.24. The normalized spacial score (nSPS) is 10.4. The van der Waals surface area contributed by atoms with Crippen LogP contribution in [0.4, 0.5) is 5.82 Å². The second kappa shape index (κ2) is 4.67. The van der Waals surface area contributed by atoms with E-state index in [4.69, 9.17) is 11.6 Å². The second-order valence-corrected chi connectivity index (χ2v) is 4.10. The zero-order valence-electron chi connectivity index (χ0n) is 9.95. The highest BCUT2D eigenvalue weighted by atomic mass is 35.5. The molecule has 5 heteroatoms. The van der Waals surface area contributed by atoms with E-state index in [2.05, 4.69) is 20.3 Å². The highest BCUT2D eigenvalue weighted by molar-refractivity contribution is 6.32. The predicted molar refractivity (Wildman–Crippen MR) is 69.3 cm³/mol. The monoisotopic (exact) mass is 248 g/mol. The summed E-state index contributed by atoms with van der Waals surface area (Å²) in [4.78, 5) is 13.0. The quantitative estimate of drug-likeness (QED) is 0.888. The van der Waals surface area contributed by atoms with Crippen LogP contribution in [-0.2, 0) is 0 Å². The zero-order chi connectivity index (χ0) is 12.4. The van der Waals surface area contributed by atoms with Crippen molar-refractivity contribution in [2.45, 2.75) is 13.8 Å². The molecule has 0 atom stereocenters. The molecule has 0 bridgehead atoms. The molecule has 2 rings (SSSR count). The van der Waals surface area contributed by atoms with Gasteiger partial charge in [0, 0.05) is 24.5 Å². The lowest BCUT2D eigenvalue weighted by Gasteiger charge is -2.09. The molecule has 0 saturated heterocycles. The molecule has 17 heavy (non-hydrogen) atoms. The van der Waals surface area contributed by atoms with Crippen molar-refractivity contribution in [2.75, 3.05) is 12.4 Å². The van der Waals surface area contributed by atoms with Gasteiger partial charge in [-0.3, -0.25) is 4.98 Å². The van der Waals surface area contributed by atoms with E-state index >= 15 is 0 Å². The molecule has 88 valence electrons. The van der Waals surface area contributed by atoms with Gasteiger partial charge < -0.3 is 5.32 Å². The summed E-state index contributed by atoms with van der Waals surface area (Å²) in [6, 6.07) is 3.56. The van der Waals surface area contributed by atoms with E-state index in [0.717, 1.165) is 17.1 Å². The van der Waals surface area contributed by atoms with E-state index in [-0.39, 0.29) is 0 Å². The van der Waals surface area contributed by atoms with Gasteiger partial charge in [0.15, 0.2) is 5.82 Å². The van der Waals surface area contributed by atoms with Gasteiger partial charge in [-0.25, -0.2) is 9.97 Å². The van der Waals surface area contributed by atoms with Gasteiger partial charge in [0.25, 0.3) is 0 Å². The highest BCUT2D eigenvalue weighted by Crippen LogP contribution is 2.25. The van der Waals surface area contributed by atoms with Gasteiger partial charge in [0.2, 0.25) is 0 Å². The lowest BCUT2D eigenvalue weighted by molar-refractivity contribution is 1.05. The van der Waals surface area contributed by atoms with Crippen LogP contribution in [0.15, 0.2) is 18.3 Å². The summed E-state index contributed by atoms with van der Waals surface area (Å²) in [7, 11) is 1.83. The number of nitrogens with zero attached hydrogens (tertiary/aromatic N) is 3. The third-order valence-electron chi connectivity index (χ3n) is 2.60. The van der Waals surface area contributed by atoms with Crippen molar-refractivity contribution >= 4 is 17.4 Å². The second-order valence-electron chi connectivity index (χ2n) is 3.69. The zero-order valence-corrected chi connectivity index (χ0v) is 10.7. The van der Waals surface area contributed by atoms with Gasteiger partial charge in [0.1, 0.15) is 11.5 Å². The Hall–Kier alpha value is -1.68. The molecule has 0 saturated carbocycles. The van der Waals surface area contributed by atoms with Crippen molar-refractivity contribution < 1.29 is 0 Å². The number of aromatic nitrogens is 3. The minimum Gasteiger partial charge on any atom is -0.373 e. The van der Waals surface area contributed by atoms with E-state index in [1.165, 1.54) is 0 Å². The fourth-order valence-electron chi connectivity index (χ4n) is 1.53. The van der Waals surface area contributed by atoms with Crippen LogP contribution in [0, 0.1) is 13.8 Å². The number of halogens is 1. The summed E-state index contributed by atoms with van der Waals surface area (Å²) in [5.41, 5.74) is 2.55. The molecule has 2 aromatic rings. The summed E-state index contributed by atoms with van der Waals surface area (Å²) in [5, 5.41) is 3.60. The number of hydrogen-bond donors (Lipinski definition) is 1. The maximum Gasteiger partial charge on any atom is 0.181 e. The third kappa shape index (κ3) is 2.22. The van der Waals surface area contributed by atoms with Gasteiger partial charge in [-0.1, -0.05) is 11.6 Å². The van der Waals surface area contributed by atoms with E-state index in [1.54, 1.807) is 18.3 Å². The van der Waals surface area contributed by atoms with Crippen molar-refractivity contribution in [3.05, 3.63) is 34.6 Å². The summed E-state index contributed by atoms with van der Waals surface area (Å²) in [6.45, 7) is 3.92. The molecular weight excluding hydrogens is 236 g/mol. The Balaban J connectivity index is 2.61. The SMILES string of the molecule is CNc1nc(-c2ncccc2Cl)nc(C)c1C. The number of nitrogens with one attached hydrogen (secondary N) is 1. The van der Waals surface area contributed by atoms with Crippen molar-refractivity contribution in [3.63, 3.8) is 0 Å². The summed E-state index contributed by atoms with van der Waals surface area (Å²) in [5.74, 6) is 1.34.